The summed E-state index contributed by atoms with van der Waals surface area (Å²) >= 11 is 24.5. The lowest BCUT2D eigenvalue weighted by Crippen LogP contribution is -2.39. The van der Waals surface area contributed by atoms with Crippen LogP contribution >= 0.6 is 46.4 Å². The minimum atomic E-state index is -5.09. The second-order valence-corrected chi connectivity index (χ2v) is 9.23. The van der Waals surface area contributed by atoms with Crippen molar-refractivity contribution >= 4 is 56.5 Å². The summed E-state index contributed by atoms with van der Waals surface area (Å²) in [6, 6.07) is 12.5. The van der Waals surface area contributed by atoms with Gasteiger partial charge < -0.3 is 10.2 Å². The molecule has 1 unspecified atom stereocenters. The van der Waals surface area contributed by atoms with Gasteiger partial charge in [-0.15, -0.1) is 0 Å². The van der Waals surface area contributed by atoms with Crippen molar-refractivity contribution in [2.75, 3.05) is 0 Å². The zero-order valence-electron chi connectivity index (χ0n) is 14.3. The average Bonchev–Trinajstić information content (AvgIpc) is 2.67. The maximum Gasteiger partial charge on any atom is 0.283 e. The normalized spacial score (nSPS) is 13.8. The molecular weight excluding hydrogens is 482 g/mol. The van der Waals surface area contributed by atoms with Crippen LogP contribution < -0.4 is 0 Å². The molecule has 3 aromatic rings. The molecule has 3 N–H and O–H groups in total. The molecular formula is C19H12Cl4O5S. The third-order valence-electron chi connectivity index (χ3n) is 4.41. The van der Waals surface area contributed by atoms with Gasteiger partial charge in [0.05, 0.1) is 5.02 Å². The van der Waals surface area contributed by atoms with Gasteiger partial charge in [0.25, 0.3) is 10.1 Å². The van der Waals surface area contributed by atoms with E-state index in [1.165, 1.54) is 42.5 Å². The fraction of sp³-hybridized carbons (Fsp3) is 0.0526. The highest BCUT2D eigenvalue weighted by molar-refractivity contribution is 7.87. The molecule has 0 heterocycles. The van der Waals surface area contributed by atoms with E-state index in [9.17, 15) is 23.2 Å². The van der Waals surface area contributed by atoms with Gasteiger partial charge in [-0.2, -0.15) is 8.42 Å². The molecule has 10 heteroatoms. The molecule has 0 aromatic heterocycles. The third kappa shape index (κ3) is 3.54. The first-order chi connectivity index (χ1) is 13.5. The first kappa shape index (κ1) is 22.0. The van der Waals surface area contributed by atoms with Crippen molar-refractivity contribution in [3.05, 3.63) is 91.4 Å². The van der Waals surface area contributed by atoms with Gasteiger partial charge in [-0.3, -0.25) is 4.55 Å². The minimum absolute atomic E-state index is 0.0367. The van der Waals surface area contributed by atoms with Crippen LogP contribution in [0.15, 0.2) is 54.6 Å². The Bertz CT molecular complexity index is 1200. The molecule has 0 saturated carbocycles. The Balaban J connectivity index is 2.65. The molecule has 0 aliphatic carbocycles. The highest BCUT2D eigenvalue weighted by atomic mass is 35.5. The van der Waals surface area contributed by atoms with E-state index in [2.05, 4.69) is 0 Å². The summed E-state index contributed by atoms with van der Waals surface area (Å²) in [4.78, 5) is 0. The van der Waals surface area contributed by atoms with Gasteiger partial charge in [-0.05, 0) is 29.8 Å². The predicted molar refractivity (Wildman–Crippen MR) is 114 cm³/mol. The number of phenolic OH excluding ortho intramolecular Hbond substituents is 2. The smallest absolute Gasteiger partial charge is 0.283 e. The van der Waals surface area contributed by atoms with Crippen LogP contribution in [0.4, 0.5) is 0 Å². The Kier molecular flexibility index (Phi) is 5.98. The predicted octanol–water partition coefficient (Wildman–Crippen LogP) is 5.89. The van der Waals surface area contributed by atoms with Crippen molar-refractivity contribution in [1.29, 1.82) is 0 Å². The molecule has 29 heavy (non-hydrogen) atoms. The summed E-state index contributed by atoms with van der Waals surface area (Å²) in [5.41, 5.74) is -0.463. The second-order valence-electron chi connectivity index (χ2n) is 6.07. The first-order valence-corrected chi connectivity index (χ1v) is 10.9. The lowest BCUT2D eigenvalue weighted by molar-refractivity contribution is 0.444. The van der Waals surface area contributed by atoms with Crippen molar-refractivity contribution in [2.24, 2.45) is 0 Å². The molecule has 0 fully saturated rings. The molecule has 0 aliphatic heterocycles. The van der Waals surface area contributed by atoms with E-state index in [1.54, 1.807) is 6.07 Å². The monoisotopic (exact) mass is 492 g/mol. The van der Waals surface area contributed by atoms with Crippen LogP contribution in [0.2, 0.25) is 20.1 Å². The largest absolute Gasteiger partial charge is 0.506 e. The fourth-order valence-electron chi connectivity index (χ4n) is 3.19. The van der Waals surface area contributed by atoms with Crippen molar-refractivity contribution in [3.8, 4) is 11.5 Å². The van der Waals surface area contributed by atoms with Gasteiger partial charge in [0.2, 0.25) is 0 Å². The highest BCUT2D eigenvalue weighted by Gasteiger charge is 2.51. The second kappa shape index (κ2) is 7.87. The summed E-state index contributed by atoms with van der Waals surface area (Å²) < 4.78 is 34.0. The van der Waals surface area contributed by atoms with Gasteiger partial charge in [0, 0.05) is 21.2 Å². The van der Waals surface area contributed by atoms with Crippen molar-refractivity contribution in [3.63, 3.8) is 0 Å². The van der Waals surface area contributed by atoms with Gasteiger partial charge in [-0.25, -0.2) is 0 Å². The Hall–Kier alpha value is -1.67. The Morgan fingerprint density at radius 1 is 0.793 bits per heavy atom. The topological polar surface area (TPSA) is 94.8 Å². The van der Waals surface area contributed by atoms with Gasteiger partial charge in [0.15, 0.2) is 10.5 Å². The van der Waals surface area contributed by atoms with Gasteiger partial charge in [-0.1, -0.05) is 76.7 Å². The van der Waals surface area contributed by atoms with Crippen LogP contribution in [0.3, 0.4) is 0 Å². The molecule has 3 aromatic carbocycles. The highest BCUT2D eigenvalue weighted by Crippen LogP contribution is 2.53. The molecule has 1 atom stereocenters. The van der Waals surface area contributed by atoms with Gasteiger partial charge in [0.1, 0.15) is 10.8 Å². The summed E-state index contributed by atoms with van der Waals surface area (Å²) in [6.45, 7) is 0. The number of hydrogen-bond acceptors (Lipinski definition) is 4. The number of rotatable bonds is 4. The lowest BCUT2D eigenvalue weighted by Gasteiger charge is -2.34. The van der Waals surface area contributed by atoms with E-state index < -0.39 is 36.4 Å². The molecule has 0 radical (unpaired) electrons. The van der Waals surface area contributed by atoms with E-state index in [0.717, 1.165) is 6.07 Å². The van der Waals surface area contributed by atoms with Crippen LogP contribution in [0.1, 0.15) is 16.7 Å². The molecule has 0 amide bonds. The molecule has 0 bridgehead atoms. The standard InChI is InChI=1S/C19H12Cl4O5S/c20-11-6-7-14(21)12(8-11)19(29(26,27)28,10-4-2-1-3-5-10)13-9-15(24)17(23)18(25)16(13)22/h1-9,24-25H,(H,26,27,28). The summed E-state index contributed by atoms with van der Waals surface area (Å²) in [5, 5.41) is 19.5. The Labute approximate surface area is 186 Å². The maximum absolute atomic E-state index is 13.0. The first-order valence-electron chi connectivity index (χ1n) is 7.90. The molecule has 0 spiro atoms. The maximum atomic E-state index is 13.0. The summed E-state index contributed by atoms with van der Waals surface area (Å²) in [5.74, 6) is -1.41. The molecule has 3 rings (SSSR count). The fourth-order valence-corrected chi connectivity index (χ4v) is 5.54. The van der Waals surface area contributed by atoms with E-state index in [0.29, 0.717) is 0 Å². The van der Waals surface area contributed by atoms with E-state index in [1.807, 2.05) is 0 Å². The van der Waals surface area contributed by atoms with Gasteiger partial charge >= 0.3 is 0 Å². The molecule has 5 nitrogen and oxygen atoms in total. The molecule has 0 aliphatic rings. The van der Waals surface area contributed by atoms with Crippen LogP contribution in [0.5, 0.6) is 11.5 Å². The van der Waals surface area contributed by atoms with Crippen LogP contribution in [-0.2, 0) is 14.9 Å². The Morgan fingerprint density at radius 3 is 2.00 bits per heavy atom. The van der Waals surface area contributed by atoms with E-state index in [-0.39, 0.29) is 26.7 Å². The molecule has 152 valence electrons. The molecule has 0 saturated heterocycles. The van der Waals surface area contributed by atoms with Crippen LogP contribution in [-0.4, -0.2) is 23.2 Å². The third-order valence-corrected chi connectivity index (χ3v) is 7.18. The van der Waals surface area contributed by atoms with Crippen LogP contribution in [0.25, 0.3) is 0 Å². The number of phenols is 2. The van der Waals surface area contributed by atoms with Crippen molar-refractivity contribution < 1.29 is 23.2 Å². The quantitative estimate of drug-likeness (QED) is 0.311. The SMILES string of the molecule is O=S(=O)(O)C(c1ccccc1)(c1cc(Cl)ccc1Cl)c1cc(O)c(Cl)c(O)c1Cl. The number of halogens is 4. The minimum Gasteiger partial charge on any atom is -0.506 e. The number of hydrogen-bond donors (Lipinski definition) is 3. The van der Waals surface area contributed by atoms with E-state index in [4.69, 9.17) is 46.4 Å². The number of aromatic hydroxyl groups is 2. The lowest BCUT2D eigenvalue weighted by atomic mass is 9.83. The zero-order chi connectivity index (χ0) is 21.6. The van der Waals surface area contributed by atoms with Crippen molar-refractivity contribution in [2.45, 2.75) is 4.75 Å². The average molecular weight is 494 g/mol. The summed E-state index contributed by atoms with van der Waals surface area (Å²) in [6.07, 6.45) is 0. The summed E-state index contributed by atoms with van der Waals surface area (Å²) in [7, 11) is -5.09. The van der Waals surface area contributed by atoms with Crippen LogP contribution in [0, 0.1) is 0 Å². The van der Waals surface area contributed by atoms with E-state index >= 15 is 0 Å². The van der Waals surface area contributed by atoms with Crippen molar-refractivity contribution in [1.82, 2.24) is 0 Å². The number of benzene rings is 3. The zero-order valence-corrected chi connectivity index (χ0v) is 18.1. The Morgan fingerprint density at radius 2 is 1.41 bits per heavy atom.